The Morgan fingerprint density at radius 1 is 1.29 bits per heavy atom. The van der Waals surface area contributed by atoms with Crippen LogP contribution in [0.5, 0.6) is 0 Å². The molecule has 0 aromatic rings. The number of carboxylic acid groups (broad SMARTS) is 1. The fraction of sp³-hybridized carbons (Fsp3) is 0.700. The Morgan fingerprint density at radius 3 is 2.24 bits per heavy atom. The fourth-order valence-corrected chi connectivity index (χ4v) is 1.70. The average molecular weight is 243 g/mol. The van der Waals surface area contributed by atoms with Crippen LogP contribution in [0.25, 0.3) is 0 Å². The summed E-state index contributed by atoms with van der Waals surface area (Å²) in [6.45, 7) is -0.888. The lowest BCUT2D eigenvalue weighted by Gasteiger charge is -2.37. The van der Waals surface area contributed by atoms with Crippen LogP contribution in [0.4, 0.5) is 4.79 Å². The van der Waals surface area contributed by atoms with Gasteiger partial charge in [0.2, 0.25) is 5.91 Å². The standard InChI is InChI=1S/C10H17N3O4/c1-12(7-3-2-4-7)10(17)13(5-8(11)14)6-9(15)16/h7H,2-6H2,1H3,(H2,11,14)(H,15,16). The summed E-state index contributed by atoms with van der Waals surface area (Å²) in [6.07, 6.45) is 2.90. The molecule has 7 nitrogen and oxygen atoms in total. The van der Waals surface area contributed by atoms with E-state index in [4.69, 9.17) is 10.8 Å². The van der Waals surface area contributed by atoms with E-state index in [9.17, 15) is 14.4 Å². The first-order valence-electron chi connectivity index (χ1n) is 5.43. The smallest absolute Gasteiger partial charge is 0.323 e. The number of hydrogen-bond acceptors (Lipinski definition) is 3. The number of nitrogens with two attached hydrogens (primary N) is 1. The van der Waals surface area contributed by atoms with Crippen molar-refractivity contribution >= 4 is 17.9 Å². The molecule has 1 aliphatic rings. The number of carbonyl (C=O) groups is 3. The van der Waals surface area contributed by atoms with Crippen molar-refractivity contribution in [2.75, 3.05) is 20.1 Å². The van der Waals surface area contributed by atoms with E-state index >= 15 is 0 Å². The van der Waals surface area contributed by atoms with Crippen LogP contribution >= 0.6 is 0 Å². The number of nitrogens with zero attached hydrogens (tertiary/aromatic N) is 2. The molecule has 0 saturated heterocycles. The van der Waals surface area contributed by atoms with Crippen LogP contribution in [0.1, 0.15) is 19.3 Å². The van der Waals surface area contributed by atoms with Gasteiger partial charge < -0.3 is 20.6 Å². The second-order valence-electron chi connectivity index (χ2n) is 4.19. The summed E-state index contributed by atoms with van der Waals surface area (Å²) < 4.78 is 0. The molecule has 17 heavy (non-hydrogen) atoms. The molecular formula is C10H17N3O4. The van der Waals surface area contributed by atoms with Crippen LogP contribution in [-0.2, 0) is 9.59 Å². The van der Waals surface area contributed by atoms with Crippen LogP contribution in [-0.4, -0.2) is 59.0 Å². The van der Waals surface area contributed by atoms with Gasteiger partial charge in [-0.25, -0.2) is 4.79 Å². The zero-order valence-corrected chi connectivity index (χ0v) is 9.76. The van der Waals surface area contributed by atoms with Crippen molar-refractivity contribution in [2.24, 2.45) is 5.73 Å². The highest BCUT2D eigenvalue weighted by Gasteiger charge is 2.30. The molecule has 0 bridgehead atoms. The van der Waals surface area contributed by atoms with Crippen molar-refractivity contribution in [1.29, 1.82) is 0 Å². The molecular weight excluding hydrogens is 226 g/mol. The molecule has 7 heteroatoms. The van der Waals surface area contributed by atoms with Gasteiger partial charge in [-0.05, 0) is 19.3 Å². The van der Waals surface area contributed by atoms with E-state index in [0.29, 0.717) is 0 Å². The molecule has 1 saturated carbocycles. The zero-order chi connectivity index (χ0) is 13.0. The molecule has 96 valence electrons. The number of aliphatic carboxylic acids is 1. The Morgan fingerprint density at radius 2 is 1.88 bits per heavy atom. The zero-order valence-electron chi connectivity index (χ0n) is 9.76. The summed E-state index contributed by atoms with van der Waals surface area (Å²) in [5.74, 6) is -1.89. The van der Waals surface area contributed by atoms with Gasteiger partial charge in [0, 0.05) is 13.1 Å². The summed E-state index contributed by atoms with van der Waals surface area (Å²) >= 11 is 0. The van der Waals surface area contributed by atoms with Crippen LogP contribution < -0.4 is 5.73 Å². The van der Waals surface area contributed by atoms with Crippen LogP contribution in [0, 0.1) is 0 Å². The Hall–Kier alpha value is -1.79. The molecule has 0 atom stereocenters. The average Bonchev–Trinajstić information content (AvgIpc) is 2.11. The van der Waals surface area contributed by atoms with Crippen LogP contribution in [0.2, 0.25) is 0 Å². The van der Waals surface area contributed by atoms with Crippen LogP contribution in [0.15, 0.2) is 0 Å². The quantitative estimate of drug-likeness (QED) is 0.676. The second kappa shape index (κ2) is 5.51. The van der Waals surface area contributed by atoms with Crippen LogP contribution in [0.3, 0.4) is 0 Å². The van der Waals surface area contributed by atoms with Gasteiger partial charge in [0.05, 0.1) is 0 Å². The summed E-state index contributed by atoms with van der Waals surface area (Å²) in [6, 6.07) is -0.317. The Bertz CT molecular complexity index is 312. The van der Waals surface area contributed by atoms with Gasteiger partial charge in [0.15, 0.2) is 0 Å². The maximum Gasteiger partial charge on any atom is 0.323 e. The van der Waals surface area contributed by atoms with Gasteiger partial charge >= 0.3 is 12.0 Å². The predicted octanol–water partition coefficient (Wildman–Crippen LogP) is -0.537. The number of carbonyl (C=O) groups excluding carboxylic acids is 2. The van der Waals surface area contributed by atoms with E-state index in [2.05, 4.69) is 0 Å². The van der Waals surface area contributed by atoms with E-state index in [-0.39, 0.29) is 12.6 Å². The molecule has 1 aliphatic carbocycles. The third kappa shape index (κ3) is 3.61. The summed E-state index contributed by atoms with van der Waals surface area (Å²) in [7, 11) is 1.61. The summed E-state index contributed by atoms with van der Waals surface area (Å²) in [5, 5.41) is 8.67. The summed E-state index contributed by atoms with van der Waals surface area (Å²) in [5.41, 5.74) is 4.99. The molecule has 1 fully saturated rings. The molecule has 0 aromatic heterocycles. The van der Waals surface area contributed by atoms with Gasteiger partial charge in [-0.1, -0.05) is 0 Å². The predicted molar refractivity (Wildman–Crippen MR) is 59.2 cm³/mol. The third-order valence-corrected chi connectivity index (χ3v) is 2.87. The van der Waals surface area contributed by atoms with Gasteiger partial charge in [-0.3, -0.25) is 9.59 Å². The Kier molecular flexibility index (Phi) is 4.30. The minimum Gasteiger partial charge on any atom is -0.480 e. The van der Waals surface area contributed by atoms with E-state index in [1.807, 2.05) is 0 Å². The monoisotopic (exact) mass is 243 g/mol. The number of hydrogen-bond donors (Lipinski definition) is 2. The van der Waals surface area contributed by atoms with Gasteiger partial charge in [0.1, 0.15) is 13.1 Å². The highest BCUT2D eigenvalue weighted by atomic mass is 16.4. The summed E-state index contributed by atoms with van der Waals surface area (Å²) in [4.78, 5) is 35.8. The maximum atomic E-state index is 11.9. The highest BCUT2D eigenvalue weighted by Crippen LogP contribution is 2.24. The molecule has 0 radical (unpaired) electrons. The SMILES string of the molecule is CN(C(=O)N(CC(N)=O)CC(=O)O)C1CCC1. The minimum atomic E-state index is -1.17. The van der Waals surface area contributed by atoms with Gasteiger partial charge in [-0.15, -0.1) is 0 Å². The van der Waals surface area contributed by atoms with Crippen molar-refractivity contribution in [2.45, 2.75) is 25.3 Å². The van der Waals surface area contributed by atoms with Crippen molar-refractivity contribution in [3.05, 3.63) is 0 Å². The lowest BCUT2D eigenvalue weighted by molar-refractivity contribution is -0.138. The Labute approximate surface area is 99.2 Å². The van der Waals surface area contributed by atoms with E-state index in [1.165, 1.54) is 4.90 Å². The van der Waals surface area contributed by atoms with Gasteiger partial charge in [0.25, 0.3) is 0 Å². The number of amides is 3. The number of urea groups is 1. The Balaban J connectivity index is 2.63. The number of carboxylic acids is 1. The molecule has 3 N–H and O–H groups in total. The van der Waals surface area contributed by atoms with Crippen molar-refractivity contribution in [1.82, 2.24) is 9.80 Å². The lowest BCUT2D eigenvalue weighted by Crippen LogP contribution is -2.51. The number of primary amides is 1. The molecule has 0 aliphatic heterocycles. The van der Waals surface area contributed by atoms with Crippen molar-refractivity contribution in [3.63, 3.8) is 0 Å². The largest absolute Gasteiger partial charge is 0.480 e. The molecule has 0 unspecified atom stereocenters. The molecule has 0 heterocycles. The topological polar surface area (TPSA) is 104 Å². The minimum absolute atomic E-state index is 0.145. The molecule has 0 spiro atoms. The van der Waals surface area contributed by atoms with Gasteiger partial charge in [-0.2, -0.15) is 0 Å². The normalized spacial score (nSPS) is 14.9. The highest BCUT2D eigenvalue weighted by molar-refractivity contribution is 5.86. The number of rotatable bonds is 5. The first-order valence-corrected chi connectivity index (χ1v) is 5.43. The van der Waals surface area contributed by atoms with E-state index < -0.39 is 24.5 Å². The molecule has 1 rings (SSSR count). The first kappa shape index (κ1) is 13.3. The third-order valence-electron chi connectivity index (χ3n) is 2.87. The molecule has 3 amide bonds. The van der Waals surface area contributed by atoms with E-state index in [0.717, 1.165) is 24.2 Å². The molecule has 0 aromatic carbocycles. The van der Waals surface area contributed by atoms with Crippen molar-refractivity contribution < 1.29 is 19.5 Å². The fourth-order valence-electron chi connectivity index (χ4n) is 1.70. The first-order chi connectivity index (χ1) is 7.91. The lowest BCUT2D eigenvalue weighted by atomic mass is 9.92. The second-order valence-corrected chi connectivity index (χ2v) is 4.19. The maximum absolute atomic E-state index is 11.9. The van der Waals surface area contributed by atoms with Crippen molar-refractivity contribution in [3.8, 4) is 0 Å². The van der Waals surface area contributed by atoms with E-state index in [1.54, 1.807) is 7.05 Å².